The fraction of sp³-hybridized carbons (Fsp3) is 0.133. The Morgan fingerprint density at radius 3 is 2.55 bits per heavy atom. The highest BCUT2D eigenvalue weighted by Gasteiger charge is 2.04. The van der Waals surface area contributed by atoms with Crippen LogP contribution < -0.4 is 5.73 Å². The third kappa shape index (κ3) is 3.68. The van der Waals surface area contributed by atoms with Crippen LogP contribution in [0.5, 0.6) is 0 Å². The van der Waals surface area contributed by atoms with E-state index in [0.29, 0.717) is 0 Å². The number of nitrogens with zero attached hydrogens (tertiary/aromatic N) is 1. The largest absolute Gasteiger partial charge is 0.409 e. The van der Waals surface area contributed by atoms with Crippen molar-refractivity contribution in [3.05, 3.63) is 64.2 Å². The average molecular weight is 307 g/mol. The van der Waals surface area contributed by atoms with Crippen molar-refractivity contribution in [2.45, 2.75) is 17.6 Å². The molecule has 0 saturated carbocycles. The molecule has 104 valence electrons. The number of oxime groups is 1. The molecule has 3 nitrogen and oxygen atoms in total. The van der Waals surface area contributed by atoms with Gasteiger partial charge in [0.25, 0.3) is 0 Å². The Balaban J connectivity index is 2.08. The standard InChI is InChI=1S/C15H15ClN2OS/c1-10-8-11(15(17)18-19)2-3-12(10)9-20-14-6-4-13(16)5-7-14/h2-8,19H,9H2,1H3,(H2,17,18). The average Bonchev–Trinajstić information content (AvgIpc) is 2.46. The first-order valence-corrected chi connectivity index (χ1v) is 7.42. The van der Waals surface area contributed by atoms with Gasteiger partial charge < -0.3 is 10.9 Å². The Labute approximate surface area is 127 Å². The van der Waals surface area contributed by atoms with Crippen LogP contribution in [0.3, 0.4) is 0 Å². The molecule has 0 heterocycles. The Kier molecular flexibility index (Phi) is 4.93. The minimum absolute atomic E-state index is 0.130. The third-order valence-corrected chi connectivity index (χ3v) is 4.27. The van der Waals surface area contributed by atoms with Crippen molar-refractivity contribution in [3.63, 3.8) is 0 Å². The van der Waals surface area contributed by atoms with E-state index in [4.69, 9.17) is 22.5 Å². The zero-order valence-electron chi connectivity index (χ0n) is 11.0. The third-order valence-electron chi connectivity index (χ3n) is 2.95. The van der Waals surface area contributed by atoms with E-state index >= 15 is 0 Å². The van der Waals surface area contributed by atoms with Gasteiger partial charge in [0.15, 0.2) is 5.84 Å². The molecule has 2 aromatic rings. The second-order valence-corrected chi connectivity index (χ2v) is 5.85. The second kappa shape index (κ2) is 6.68. The minimum Gasteiger partial charge on any atom is -0.409 e. The number of benzene rings is 2. The van der Waals surface area contributed by atoms with Crippen LogP contribution in [0.1, 0.15) is 16.7 Å². The lowest BCUT2D eigenvalue weighted by Crippen LogP contribution is -2.13. The molecule has 0 aromatic heterocycles. The van der Waals surface area contributed by atoms with Gasteiger partial charge in [-0.25, -0.2) is 0 Å². The lowest BCUT2D eigenvalue weighted by atomic mass is 10.1. The van der Waals surface area contributed by atoms with Gasteiger partial charge in [0, 0.05) is 21.2 Å². The molecule has 0 unspecified atom stereocenters. The summed E-state index contributed by atoms with van der Waals surface area (Å²) in [6.07, 6.45) is 0. The summed E-state index contributed by atoms with van der Waals surface area (Å²) in [5, 5.41) is 12.4. The van der Waals surface area contributed by atoms with Crippen molar-refractivity contribution in [2.24, 2.45) is 10.9 Å². The number of hydrogen-bond acceptors (Lipinski definition) is 3. The maximum Gasteiger partial charge on any atom is 0.170 e. The summed E-state index contributed by atoms with van der Waals surface area (Å²) in [4.78, 5) is 1.18. The Morgan fingerprint density at radius 2 is 1.95 bits per heavy atom. The molecular formula is C15H15ClN2OS. The predicted octanol–water partition coefficient (Wildman–Crippen LogP) is 4.04. The number of rotatable bonds is 4. The van der Waals surface area contributed by atoms with Crippen molar-refractivity contribution in [2.75, 3.05) is 0 Å². The van der Waals surface area contributed by atoms with Crippen molar-refractivity contribution in [3.8, 4) is 0 Å². The maximum absolute atomic E-state index is 8.67. The van der Waals surface area contributed by atoms with Gasteiger partial charge in [-0.15, -0.1) is 11.8 Å². The molecule has 2 rings (SSSR count). The molecule has 5 heteroatoms. The molecule has 0 aliphatic rings. The van der Waals surface area contributed by atoms with Gasteiger partial charge in [-0.3, -0.25) is 0 Å². The highest BCUT2D eigenvalue weighted by Crippen LogP contribution is 2.25. The zero-order valence-corrected chi connectivity index (χ0v) is 12.6. The number of halogens is 1. The monoisotopic (exact) mass is 306 g/mol. The summed E-state index contributed by atoms with van der Waals surface area (Å²) >= 11 is 7.61. The maximum atomic E-state index is 8.67. The molecule has 0 amide bonds. The van der Waals surface area contributed by atoms with Crippen molar-refractivity contribution in [1.82, 2.24) is 0 Å². The minimum atomic E-state index is 0.130. The lowest BCUT2D eigenvalue weighted by molar-refractivity contribution is 0.318. The number of thioether (sulfide) groups is 1. The first-order valence-electron chi connectivity index (χ1n) is 6.06. The second-order valence-electron chi connectivity index (χ2n) is 4.37. The van der Waals surface area contributed by atoms with Crippen molar-refractivity contribution in [1.29, 1.82) is 0 Å². The van der Waals surface area contributed by atoms with E-state index in [-0.39, 0.29) is 5.84 Å². The van der Waals surface area contributed by atoms with Gasteiger partial charge in [0.1, 0.15) is 0 Å². The normalized spacial score (nSPS) is 11.6. The number of nitrogens with two attached hydrogens (primary N) is 1. The van der Waals surface area contributed by atoms with Crippen LogP contribution in [0, 0.1) is 6.92 Å². The summed E-state index contributed by atoms with van der Waals surface area (Å²) in [5.41, 5.74) is 8.64. The predicted molar refractivity (Wildman–Crippen MR) is 84.7 cm³/mol. The molecule has 0 radical (unpaired) electrons. The van der Waals surface area contributed by atoms with E-state index in [9.17, 15) is 0 Å². The van der Waals surface area contributed by atoms with Crippen molar-refractivity contribution >= 4 is 29.2 Å². The molecule has 20 heavy (non-hydrogen) atoms. The SMILES string of the molecule is Cc1cc(/C(N)=N/O)ccc1CSc1ccc(Cl)cc1. The van der Waals surface area contributed by atoms with Crippen LogP contribution in [0.15, 0.2) is 52.5 Å². The van der Waals surface area contributed by atoms with Crippen molar-refractivity contribution < 1.29 is 5.21 Å². The van der Waals surface area contributed by atoms with Crippen LogP contribution >= 0.6 is 23.4 Å². The molecule has 0 spiro atoms. The highest BCUT2D eigenvalue weighted by molar-refractivity contribution is 7.98. The first kappa shape index (κ1) is 14.8. The molecule has 0 aliphatic heterocycles. The lowest BCUT2D eigenvalue weighted by Gasteiger charge is -2.08. The van der Waals surface area contributed by atoms with E-state index in [1.165, 1.54) is 10.5 Å². The van der Waals surface area contributed by atoms with Gasteiger partial charge in [0.05, 0.1) is 0 Å². The van der Waals surface area contributed by atoms with Gasteiger partial charge >= 0.3 is 0 Å². The first-order chi connectivity index (χ1) is 9.60. The molecule has 0 saturated heterocycles. The molecule has 0 aliphatic carbocycles. The van der Waals surface area contributed by atoms with Gasteiger partial charge in [-0.1, -0.05) is 28.9 Å². The smallest absolute Gasteiger partial charge is 0.170 e. The molecular weight excluding hydrogens is 292 g/mol. The van der Waals surface area contributed by atoms with E-state index in [1.54, 1.807) is 11.8 Å². The number of hydrogen-bond donors (Lipinski definition) is 2. The highest BCUT2D eigenvalue weighted by atomic mass is 35.5. The van der Waals surface area contributed by atoms with Crippen LogP contribution in [0.2, 0.25) is 5.02 Å². The van der Waals surface area contributed by atoms with Crippen LogP contribution in [-0.4, -0.2) is 11.0 Å². The summed E-state index contributed by atoms with van der Waals surface area (Å²) < 4.78 is 0. The van der Waals surface area contributed by atoms with E-state index in [2.05, 4.69) is 5.16 Å². The Hall–Kier alpha value is -1.65. The zero-order chi connectivity index (χ0) is 14.5. The molecule has 0 atom stereocenters. The topological polar surface area (TPSA) is 58.6 Å². The van der Waals surface area contributed by atoms with E-state index < -0.39 is 0 Å². The summed E-state index contributed by atoms with van der Waals surface area (Å²) in [6, 6.07) is 13.6. The summed E-state index contributed by atoms with van der Waals surface area (Å²) in [6.45, 7) is 2.02. The molecule has 0 bridgehead atoms. The van der Waals surface area contributed by atoms with Crippen LogP contribution in [0.4, 0.5) is 0 Å². The fourth-order valence-corrected chi connectivity index (χ4v) is 2.87. The Morgan fingerprint density at radius 1 is 1.25 bits per heavy atom. The molecule has 2 aromatic carbocycles. The van der Waals surface area contributed by atoms with Gasteiger partial charge in [-0.05, 0) is 48.4 Å². The van der Waals surface area contributed by atoms with E-state index in [1.807, 2.05) is 49.4 Å². The fourth-order valence-electron chi connectivity index (χ4n) is 1.77. The van der Waals surface area contributed by atoms with Gasteiger partial charge in [-0.2, -0.15) is 0 Å². The molecule has 0 fully saturated rings. The van der Waals surface area contributed by atoms with Gasteiger partial charge in [0.2, 0.25) is 0 Å². The summed E-state index contributed by atoms with van der Waals surface area (Å²) in [5.74, 6) is 0.995. The quantitative estimate of drug-likeness (QED) is 0.295. The van der Waals surface area contributed by atoms with E-state index in [0.717, 1.165) is 21.9 Å². The number of aryl methyl sites for hydroxylation is 1. The summed E-state index contributed by atoms with van der Waals surface area (Å²) in [7, 11) is 0. The number of amidine groups is 1. The Bertz CT molecular complexity index is 626. The molecule has 3 N–H and O–H groups in total. The van der Waals surface area contributed by atoms with Crippen LogP contribution in [0.25, 0.3) is 0 Å². The van der Waals surface area contributed by atoms with Crippen LogP contribution in [-0.2, 0) is 5.75 Å².